The van der Waals surface area contributed by atoms with E-state index in [1.807, 2.05) is 50.4 Å². The summed E-state index contributed by atoms with van der Waals surface area (Å²) in [7, 11) is 0. The highest BCUT2D eigenvalue weighted by atomic mass is 32.2. The van der Waals surface area contributed by atoms with Crippen LogP contribution in [0.15, 0.2) is 52.2 Å². The number of nitrogens with zero attached hydrogens (tertiary/aromatic N) is 1. The van der Waals surface area contributed by atoms with Crippen molar-refractivity contribution in [1.29, 1.82) is 0 Å². The number of nitrogens with one attached hydrogen (secondary N) is 2. The summed E-state index contributed by atoms with van der Waals surface area (Å²) in [5, 5.41) is 6.51. The number of H-pyrrole nitrogens is 2. The van der Waals surface area contributed by atoms with Crippen LogP contribution < -0.4 is 5.56 Å². The number of hydrogen-bond donors (Lipinski definition) is 2. The van der Waals surface area contributed by atoms with E-state index in [0.29, 0.717) is 11.3 Å². The van der Waals surface area contributed by atoms with E-state index >= 15 is 0 Å². The predicted molar refractivity (Wildman–Crippen MR) is 99.6 cm³/mol. The quantitative estimate of drug-likeness (QED) is 0.543. The molecule has 0 aliphatic heterocycles. The Morgan fingerprint density at radius 1 is 1.16 bits per heavy atom. The minimum Gasteiger partial charge on any atom is -0.355 e. The lowest BCUT2D eigenvalue weighted by Gasteiger charge is -2.08. The third-order valence-electron chi connectivity index (χ3n) is 4.23. The van der Waals surface area contributed by atoms with Crippen molar-refractivity contribution in [1.82, 2.24) is 15.2 Å². The standard InChI is InChI=1S/C19H19N3O2S/c1-11-10-16(12(2)15-8-9-17(23)22-21-15)20-18(11)19(24)13-4-6-14(25-3)7-5-13/h4-10,12,20H,1-3H3,(H,22,23). The smallest absolute Gasteiger partial charge is 0.264 e. The van der Waals surface area contributed by atoms with Gasteiger partial charge in [0.1, 0.15) is 0 Å². The highest BCUT2D eigenvalue weighted by Gasteiger charge is 2.19. The summed E-state index contributed by atoms with van der Waals surface area (Å²) in [5.74, 6) is -0.0889. The molecule has 0 aliphatic rings. The van der Waals surface area contributed by atoms with Gasteiger partial charge in [0.15, 0.2) is 0 Å². The summed E-state index contributed by atoms with van der Waals surface area (Å²) in [6, 6.07) is 12.7. The molecule has 0 saturated heterocycles. The van der Waals surface area contributed by atoms with Crippen LogP contribution in [0.3, 0.4) is 0 Å². The van der Waals surface area contributed by atoms with Gasteiger partial charge in [0, 0.05) is 28.1 Å². The summed E-state index contributed by atoms with van der Waals surface area (Å²) in [6.07, 6.45) is 2.00. The average Bonchev–Trinajstić information content (AvgIpc) is 3.03. The van der Waals surface area contributed by atoms with Gasteiger partial charge in [-0.05, 0) is 55.1 Å². The molecule has 0 fully saturated rings. The molecule has 6 heteroatoms. The van der Waals surface area contributed by atoms with Gasteiger partial charge < -0.3 is 4.98 Å². The van der Waals surface area contributed by atoms with Crippen LogP contribution in [0.2, 0.25) is 0 Å². The molecule has 25 heavy (non-hydrogen) atoms. The Bertz CT molecular complexity index is 937. The van der Waals surface area contributed by atoms with Crippen LogP contribution in [0.5, 0.6) is 0 Å². The molecule has 0 radical (unpaired) electrons. The molecular formula is C19H19N3O2S. The number of carbonyl (C=O) groups is 1. The van der Waals surface area contributed by atoms with E-state index in [0.717, 1.165) is 21.8 Å². The maximum absolute atomic E-state index is 12.8. The van der Waals surface area contributed by atoms with E-state index in [1.54, 1.807) is 17.8 Å². The maximum atomic E-state index is 12.8. The lowest BCUT2D eigenvalue weighted by atomic mass is 10.0. The van der Waals surface area contributed by atoms with Crippen molar-refractivity contribution in [2.24, 2.45) is 0 Å². The molecule has 128 valence electrons. The number of ketones is 1. The Morgan fingerprint density at radius 2 is 1.88 bits per heavy atom. The van der Waals surface area contributed by atoms with Gasteiger partial charge in [0.05, 0.1) is 11.4 Å². The lowest BCUT2D eigenvalue weighted by molar-refractivity contribution is 0.103. The van der Waals surface area contributed by atoms with E-state index in [-0.39, 0.29) is 17.3 Å². The molecule has 0 saturated carbocycles. The molecule has 1 atom stereocenters. The third-order valence-corrected chi connectivity index (χ3v) is 4.97. The van der Waals surface area contributed by atoms with Crippen LogP contribution in [0.1, 0.15) is 45.8 Å². The van der Waals surface area contributed by atoms with E-state index in [1.165, 1.54) is 6.07 Å². The Labute approximate surface area is 149 Å². The second kappa shape index (κ2) is 7.11. The number of thioether (sulfide) groups is 1. The van der Waals surface area contributed by atoms with E-state index in [9.17, 15) is 9.59 Å². The van der Waals surface area contributed by atoms with Gasteiger partial charge >= 0.3 is 0 Å². The minimum absolute atomic E-state index is 0.0296. The van der Waals surface area contributed by atoms with Gasteiger partial charge in [-0.1, -0.05) is 6.92 Å². The molecule has 0 aliphatic carbocycles. The summed E-state index contributed by atoms with van der Waals surface area (Å²) in [4.78, 5) is 28.3. The molecule has 2 N–H and O–H groups in total. The highest BCUT2D eigenvalue weighted by Crippen LogP contribution is 2.25. The minimum atomic E-state index is -0.233. The second-order valence-electron chi connectivity index (χ2n) is 5.91. The molecule has 3 aromatic rings. The fraction of sp³-hybridized carbons (Fsp3) is 0.211. The first-order chi connectivity index (χ1) is 12.0. The zero-order valence-electron chi connectivity index (χ0n) is 14.3. The SMILES string of the molecule is CSc1ccc(C(=O)c2[nH]c(C(C)c3ccc(=O)[nH]n3)cc2C)cc1. The summed E-state index contributed by atoms with van der Waals surface area (Å²) in [5.41, 5.74) is 3.53. The molecule has 0 amide bonds. The van der Waals surface area contributed by atoms with E-state index < -0.39 is 0 Å². The molecule has 1 unspecified atom stereocenters. The van der Waals surface area contributed by atoms with Crippen LogP contribution >= 0.6 is 11.8 Å². The largest absolute Gasteiger partial charge is 0.355 e. The van der Waals surface area contributed by atoms with Gasteiger partial charge in [-0.15, -0.1) is 11.8 Å². The number of hydrogen-bond acceptors (Lipinski definition) is 4. The topological polar surface area (TPSA) is 78.6 Å². The molecular weight excluding hydrogens is 334 g/mol. The summed E-state index contributed by atoms with van der Waals surface area (Å²) < 4.78 is 0. The first-order valence-corrected chi connectivity index (χ1v) is 9.16. The van der Waals surface area contributed by atoms with Crippen LogP contribution in [0.4, 0.5) is 0 Å². The predicted octanol–water partition coefficient (Wildman–Crippen LogP) is 3.51. The van der Waals surface area contributed by atoms with Crippen molar-refractivity contribution in [2.75, 3.05) is 6.26 Å². The number of benzene rings is 1. The van der Waals surface area contributed by atoms with E-state index in [4.69, 9.17) is 0 Å². The van der Waals surface area contributed by atoms with Crippen molar-refractivity contribution < 1.29 is 4.79 Å². The molecule has 0 spiro atoms. The lowest BCUT2D eigenvalue weighted by Crippen LogP contribution is -2.10. The fourth-order valence-corrected chi connectivity index (χ4v) is 3.10. The monoisotopic (exact) mass is 353 g/mol. The molecule has 3 rings (SSSR count). The van der Waals surface area contributed by atoms with Crippen LogP contribution in [-0.2, 0) is 0 Å². The summed E-state index contributed by atoms with van der Waals surface area (Å²) >= 11 is 1.64. The first kappa shape index (κ1) is 17.2. The number of aromatic nitrogens is 3. The van der Waals surface area contributed by atoms with Gasteiger partial charge in [-0.2, -0.15) is 5.10 Å². The molecule has 5 nitrogen and oxygen atoms in total. The van der Waals surface area contributed by atoms with Gasteiger partial charge in [0.2, 0.25) is 5.78 Å². The molecule has 2 heterocycles. The average molecular weight is 353 g/mol. The Kier molecular flexibility index (Phi) is 4.90. The fourth-order valence-electron chi connectivity index (χ4n) is 2.70. The Morgan fingerprint density at radius 3 is 2.48 bits per heavy atom. The first-order valence-electron chi connectivity index (χ1n) is 7.93. The van der Waals surface area contributed by atoms with Crippen molar-refractivity contribution in [3.63, 3.8) is 0 Å². The number of carbonyl (C=O) groups excluding carboxylic acids is 1. The van der Waals surface area contributed by atoms with Crippen LogP contribution in [-0.4, -0.2) is 27.2 Å². The normalized spacial score (nSPS) is 12.1. The van der Waals surface area contributed by atoms with Crippen molar-refractivity contribution in [2.45, 2.75) is 24.7 Å². The zero-order chi connectivity index (χ0) is 18.0. The second-order valence-corrected chi connectivity index (χ2v) is 6.79. The summed E-state index contributed by atoms with van der Waals surface area (Å²) in [6.45, 7) is 3.89. The number of aromatic amines is 2. The van der Waals surface area contributed by atoms with Crippen molar-refractivity contribution in [3.05, 3.63) is 81.0 Å². The highest BCUT2D eigenvalue weighted by molar-refractivity contribution is 7.98. The molecule has 2 aromatic heterocycles. The zero-order valence-corrected chi connectivity index (χ0v) is 15.1. The maximum Gasteiger partial charge on any atom is 0.264 e. The van der Waals surface area contributed by atoms with Crippen molar-refractivity contribution >= 4 is 17.5 Å². The van der Waals surface area contributed by atoms with Gasteiger partial charge in [-0.25, -0.2) is 5.10 Å². The van der Waals surface area contributed by atoms with Crippen LogP contribution in [0, 0.1) is 6.92 Å². The van der Waals surface area contributed by atoms with Gasteiger partial charge in [0.25, 0.3) is 5.56 Å². The number of aryl methyl sites for hydroxylation is 1. The van der Waals surface area contributed by atoms with Gasteiger partial charge in [-0.3, -0.25) is 9.59 Å². The Balaban J connectivity index is 1.89. The van der Waals surface area contributed by atoms with Crippen LogP contribution in [0.25, 0.3) is 0 Å². The molecule has 0 bridgehead atoms. The molecule has 1 aromatic carbocycles. The van der Waals surface area contributed by atoms with E-state index in [2.05, 4.69) is 15.2 Å². The Hall–Kier alpha value is -2.60. The third kappa shape index (κ3) is 3.58. The van der Waals surface area contributed by atoms with Crippen molar-refractivity contribution in [3.8, 4) is 0 Å². The number of rotatable bonds is 5.